The van der Waals surface area contributed by atoms with E-state index in [9.17, 15) is 0 Å². The van der Waals surface area contributed by atoms with Crippen molar-refractivity contribution in [3.8, 4) is 0 Å². The van der Waals surface area contributed by atoms with Gasteiger partial charge < -0.3 is 9.82 Å². The van der Waals surface area contributed by atoms with Gasteiger partial charge in [-0.25, -0.2) is 4.98 Å². The first-order valence-electron chi connectivity index (χ1n) is 6.91. The average Bonchev–Trinajstić information content (AvgIpc) is 2.99. The van der Waals surface area contributed by atoms with Crippen LogP contribution in [-0.2, 0) is 4.84 Å². The Labute approximate surface area is 126 Å². The van der Waals surface area contributed by atoms with E-state index in [1.165, 1.54) is 5.56 Å². The molecule has 0 saturated heterocycles. The fourth-order valence-corrected chi connectivity index (χ4v) is 3.41. The van der Waals surface area contributed by atoms with E-state index in [1.807, 2.05) is 19.9 Å². The first-order chi connectivity index (χ1) is 10.1. The van der Waals surface area contributed by atoms with Crippen molar-refractivity contribution in [2.45, 2.75) is 25.9 Å². The molecule has 0 spiro atoms. The zero-order valence-electron chi connectivity index (χ0n) is 11.7. The monoisotopic (exact) mass is 299 g/mol. The molecule has 0 saturated carbocycles. The van der Waals surface area contributed by atoms with Gasteiger partial charge in [-0.2, -0.15) is 0 Å². The maximum atomic E-state index is 6.27. The lowest BCUT2D eigenvalue weighted by molar-refractivity contribution is 0.0905. The fourth-order valence-electron chi connectivity index (χ4n) is 3.15. The van der Waals surface area contributed by atoms with Crippen molar-refractivity contribution >= 4 is 39.1 Å². The highest BCUT2D eigenvalue weighted by atomic mass is 35.5. The molecule has 0 amide bonds. The van der Waals surface area contributed by atoms with Crippen LogP contribution in [0.1, 0.15) is 25.3 Å². The lowest BCUT2D eigenvalue weighted by Gasteiger charge is -2.14. The molecule has 1 aliphatic rings. The van der Waals surface area contributed by atoms with Crippen molar-refractivity contribution in [2.75, 3.05) is 0 Å². The van der Waals surface area contributed by atoms with Gasteiger partial charge in [-0.15, -0.1) is 0 Å². The Morgan fingerprint density at radius 1 is 1.24 bits per heavy atom. The standard InChI is InChI=1S/C16H14ClN3O/c1-8-14(9(2)21-20-8)10-3-4-12-11(7-10)15-13(19-12)5-6-18-16(15)17/h3-7,9,14,19H,1-2H3. The molecule has 4 rings (SSSR count). The molecule has 3 heterocycles. The van der Waals surface area contributed by atoms with E-state index in [2.05, 4.69) is 33.3 Å². The zero-order valence-corrected chi connectivity index (χ0v) is 12.5. The summed E-state index contributed by atoms with van der Waals surface area (Å²) in [5.41, 5.74) is 4.26. The molecule has 2 aromatic heterocycles. The van der Waals surface area contributed by atoms with E-state index in [4.69, 9.17) is 16.4 Å². The van der Waals surface area contributed by atoms with Gasteiger partial charge in [0, 0.05) is 22.5 Å². The second kappa shape index (κ2) is 4.46. The van der Waals surface area contributed by atoms with Gasteiger partial charge in [0.1, 0.15) is 11.3 Å². The Bertz CT molecular complexity index is 884. The third-order valence-corrected chi connectivity index (χ3v) is 4.42. The molecular weight excluding hydrogens is 286 g/mol. The molecule has 1 N–H and O–H groups in total. The third-order valence-electron chi connectivity index (χ3n) is 4.13. The molecule has 2 unspecified atom stereocenters. The molecule has 5 heteroatoms. The second-order valence-corrected chi connectivity index (χ2v) is 5.83. The van der Waals surface area contributed by atoms with Gasteiger partial charge >= 0.3 is 0 Å². The number of nitrogens with zero attached hydrogens (tertiary/aromatic N) is 2. The Kier molecular flexibility index (Phi) is 2.69. The van der Waals surface area contributed by atoms with Crippen LogP contribution in [0.5, 0.6) is 0 Å². The Balaban J connectivity index is 1.97. The van der Waals surface area contributed by atoms with Crippen LogP contribution in [0.15, 0.2) is 35.6 Å². The second-order valence-electron chi connectivity index (χ2n) is 5.48. The number of aromatic amines is 1. The molecule has 4 nitrogen and oxygen atoms in total. The predicted molar refractivity (Wildman–Crippen MR) is 85.0 cm³/mol. The number of hydrogen-bond donors (Lipinski definition) is 1. The van der Waals surface area contributed by atoms with Crippen molar-refractivity contribution in [3.63, 3.8) is 0 Å². The van der Waals surface area contributed by atoms with Crippen LogP contribution in [0.2, 0.25) is 5.15 Å². The minimum absolute atomic E-state index is 0.0567. The highest BCUT2D eigenvalue weighted by Crippen LogP contribution is 2.35. The summed E-state index contributed by atoms with van der Waals surface area (Å²) < 4.78 is 0. The molecule has 0 fully saturated rings. The van der Waals surface area contributed by atoms with Crippen molar-refractivity contribution in [2.24, 2.45) is 5.16 Å². The number of halogens is 1. The van der Waals surface area contributed by atoms with Crippen LogP contribution in [0, 0.1) is 0 Å². The lowest BCUT2D eigenvalue weighted by atomic mass is 9.90. The summed E-state index contributed by atoms with van der Waals surface area (Å²) >= 11 is 6.27. The minimum atomic E-state index is 0.0567. The average molecular weight is 300 g/mol. The van der Waals surface area contributed by atoms with Crippen LogP contribution >= 0.6 is 11.6 Å². The van der Waals surface area contributed by atoms with E-state index < -0.39 is 0 Å². The third kappa shape index (κ3) is 1.83. The molecule has 106 valence electrons. The molecule has 0 bridgehead atoms. The van der Waals surface area contributed by atoms with Crippen LogP contribution in [0.4, 0.5) is 0 Å². The quantitative estimate of drug-likeness (QED) is 0.683. The molecule has 1 aromatic carbocycles. The van der Waals surface area contributed by atoms with Gasteiger partial charge in [-0.3, -0.25) is 0 Å². The van der Waals surface area contributed by atoms with Gasteiger partial charge in [0.2, 0.25) is 0 Å². The molecule has 21 heavy (non-hydrogen) atoms. The maximum absolute atomic E-state index is 6.27. The number of hydrogen-bond acceptors (Lipinski definition) is 3. The molecule has 2 atom stereocenters. The van der Waals surface area contributed by atoms with Gasteiger partial charge in [0.15, 0.2) is 0 Å². The molecular formula is C16H14ClN3O. The highest BCUT2D eigenvalue weighted by molar-refractivity contribution is 6.36. The summed E-state index contributed by atoms with van der Waals surface area (Å²) in [5.74, 6) is 0.190. The number of rotatable bonds is 1. The van der Waals surface area contributed by atoms with Crippen LogP contribution in [0.3, 0.4) is 0 Å². The molecule has 0 aliphatic carbocycles. The summed E-state index contributed by atoms with van der Waals surface area (Å²) in [6, 6.07) is 8.30. The van der Waals surface area contributed by atoms with Gasteiger partial charge in [-0.1, -0.05) is 22.8 Å². The topological polar surface area (TPSA) is 50.3 Å². The van der Waals surface area contributed by atoms with Crippen LogP contribution in [0.25, 0.3) is 21.8 Å². The molecule has 0 radical (unpaired) electrons. The largest absolute Gasteiger partial charge is 0.392 e. The number of pyridine rings is 1. The Morgan fingerprint density at radius 3 is 2.86 bits per heavy atom. The number of fused-ring (bicyclic) bond motifs is 3. The van der Waals surface area contributed by atoms with Crippen molar-refractivity contribution in [1.29, 1.82) is 0 Å². The lowest BCUT2D eigenvalue weighted by Crippen LogP contribution is -2.16. The molecule has 1 aliphatic heterocycles. The Morgan fingerprint density at radius 2 is 2.10 bits per heavy atom. The van der Waals surface area contributed by atoms with Gasteiger partial charge in [-0.05, 0) is 37.6 Å². The summed E-state index contributed by atoms with van der Waals surface area (Å²) in [6.45, 7) is 4.04. The maximum Gasteiger partial charge on any atom is 0.138 e. The van der Waals surface area contributed by atoms with Crippen LogP contribution < -0.4 is 0 Å². The van der Waals surface area contributed by atoms with Gasteiger partial charge in [0.25, 0.3) is 0 Å². The number of H-pyrrole nitrogens is 1. The van der Waals surface area contributed by atoms with E-state index in [0.717, 1.165) is 27.5 Å². The highest BCUT2D eigenvalue weighted by Gasteiger charge is 2.29. The van der Waals surface area contributed by atoms with Crippen molar-refractivity contribution in [3.05, 3.63) is 41.2 Å². The fraction of sp³-hybridized carbons (Fsp3) is 0.250. The predicted octanol–water partition coefficient (Wildman–Crippen LogP) is 4.25. The normalized spacial score (nSPS) is 21.8. The van der Waals surface area contributed by atoms with Crippen molar-refractivity contribution in [1.82, 2.24) is 9.97 Å². The Hall–Kier alpha value is -2.07. The smallest absolute Gasteiger partial charge is 0.138 e. The first-order valence-corrected chi connectivity index (χ1v) is 7.29. The van der Waals surface area contributed by atoms with E-state index >= 15 is 0 Å². The van der Waals surface area contributed by atoms with E-state index in [-0.39, 0.29) is 12.0 Å². The van der Waals surface area contributed by atoms with E-state index in [1.54, 1.807) is 6.20 Å². The van der Waals surface area contributed by atoms with Crippen molar-refractivity contribution < 1.29 is 4.84 Å². The van der Waals surface area contributed by atoms with E-state index in [0.29, 0.717) is 5.15 Å². The van der Waals surface area contributed by atoms with Crippen LogP contribution in [-0.4, -0.2) is 21.8 Å². The summed E-state index contributed by atoms with van der Waals surface area (Å²) in [6.07, 6.45) is 1.77. The number of nitrogens with one attached hydrogen (secondary N) is 1. The number of oxime groups is 1. The van der Waals surface area contributed by atoms with Gasteiger partial charge in [0.05, 0.1) is 17.1 Å². The minimum Gasteiger partial charge on any atom is -0.392 e. The number of aromatic nitrogens is 2. The summed E-state index contributed by atoms with van der Waals surface area (Å²) in [5, 5.41) is 6.68. The summed E-state index contributed by atoms with van der Waals surface area (Å²) in [7, 11) is 0. The SMILES string of the molecule is CC1=NOC(C)C1c1ccc2[nH]c3ccnc(Cl)c3c2c1. The zero-order chi connectivity index (χ0) is 14.6. The first kappa shape index (κ1) is 12.7. The number of benzene rings is 1. The summed E-state index contributed by atoms with van der Waals surface area (Å²) in [4.78, 5) is 12.9. The molecule has 3 aromatic rings.